The van der Waals surface area contributed by atoms with E-state index in [-0.39, 0.29) is 0 Å². The first-order chi connectivity index (χ1) is 9.66. The number of rotatable bonds is 2. The van der Waals surface area contributed by atoms with Gasteiger partial charge in [-0.3, -0.25) is 0 Å². The van der Waals surface area contributed by atoms with E-state index in [1.54, 1.807) is 0 Å². The van der Waals surface area contributed by atoms with E-state index in [4.69, 9.17) is 0 Å². The van der Waals surface area contributed by atoms with Crippen molar-refractivity contribution in [1.29, 1.82) is 0 Å². The van der Waals surface area contributed by atoms with E-state index in [9.17, 15) is 0 Å². The van der Waals surface area contributed by atoms with Gasteiger partial charge < -0.3 is 10.2 Å². The zero-order valence-corrected chi connectivity index (χ0v) is 12.2. The van der Waals surface area contributed by atoms with Crippen molar-refractivity contribution in [3.05, 3.63) is 59.7 Å². The Bertz CT molecular complexity index is 656. The van der Waals surface area contributed by atoms with Crippen LogP contribution in [-0.2, 0) is 0 Å². The molecule has 0 spiro atoms. The molecule has 0 fully saturated rings. The number of fused-ring (bicyclic) bond motifs is 2. The molecule has 0 aromatic heterocycles. The van der Waals surface area contributed by atoms with Gasteiger partial charge in [0.15, 0.2) is 0 Å². The topological polar surface area (TPSA) is 15.3 Å². The number of hydrogen-bond donors (Lipinski definition) is 1. The maximum atomic E-state index is 3.56. The van der Waals surface area contributed by atoms with Crippen molar-refractivity contribution in [3.63, 3.8) is 0 Å². The summed E-state index contributed by atoms with van der Waals surface area (Å²) in [5.41, 5.74) is 6.22. The van der Waals surface area contributed by atoms with Crippen LogP contribution in [0.2, 0.25) is 0 Å². The number of likely N-dealkylation sites (N-methyl/N-ethyl adjacent to an activating group) is 1. The maximum absolute atomic E-state index is 3.56. The molecule has 1 N–H and O–H groups in total. The van der Waals surface area contributed by atoms with Crippen LogP contribution in [0.25, 0.3) is 11.6 Å². The lowest BCUT2D eigenvalue weighted by atomic mass is 9.96. The Labute approximate surface area is 120 Å². The maximum Gasteiger partial charge on any atom is 0.0461 e. The van der Waals surface area contributed by atoms with Crippen molar-refractivity contribution in [2.45, 2.75) is 13.0 Å². The second-order valence-electron chi connectivity index (χ2n) is 5.50. The largest absolute Gasteiger partial charge is 0.355 e. The van der Waals surface area contributed by atoms with Gasteiger partial charge >= 0.3 is 0 Å². The predicted molar refractivity (Wildman–Crippen MR) is 87.2 cm³/mol. The average Bonchev–Trinajstić information content (AvgIpc) is 2.62. The number of nitrogens with one attached hydrogen (secondary N) is 1. The lowest BCUT2D eigenvalue weighted by Crippen LogP contribution is -2.25. The number of anilines is 2. The molecule has 1 aliphatic rings. The molecule has 2 nitrogen and oxygen atoms in total. The first kappa shape index (κ1) is 12.9. The molecule has 20 heavy (non-hydrogen) atoms. The smallest absolute Gasteiger partial charge is 0.0461 e. The number of hydrogen-bond acceptors (Lipinski definition) is 2. The summed E-state index contributed by atoms with van der Waals surface area (Å²) in [6.45, 7) is 2.25. The van der Waals surface area contributed by atoms with Crippen molar-refractivity contribution < 1.29 is 0 Å². The monoisotopic (exact) mass is 264 g/mol. The lowest BCUT2D eigenvalue weighted by molar-refractivity contribution is 0.373. The lowest BCUT2D eigenvalue weighted by Gasteiger charge is -2.24. The summed E-state index contributed by atoms with van der Waals surface area (Å²) in [5, 5.41) is 3.56. The van der Waals surface area contributed by atoms with Gasteiger partial charge in [0, 0.05) is 23.0 Å². The average molecular weight is 264 g/mol. The molecule has 2 aromatic rings. The Hall–Kier alpha value is -2.06. The third-order valence-electron chi connectivity index (χ3n) is 4.00. The van der Waals surface area contributed by atoms with E-state index in [1.807, 2.05) is 0 Å². The van der Waals surface area contributed by atoms with Crippen LogP contribution in [0.5, 0.6) is 0 Å². The van der Waals surface area contributed by atoms with Gasteiger partial charge in [-0.15, -0.1) is 0 Å². The Kier molecular flexibility index (Phi) is 3.33. The van der Waals surface area contributed by atoms with Crippen LogP contribution in [0.15, 0.2) is 48.5 Å². The second kappa shape index (κ2) is 5.14. The molecular formula is C18H20N2. The highest BCUT2D eigenvalue weighted by Crippen LogP contribution is 2.36. The van der Waals surface area contributed by atoms with Crippen molar-refractivity contribution in [1.82, 2.24) is 4.90 Å². The van der Waals surface area contributed by atoms with E-state index in [1.165, 1.54) is 28.1 Å². The SMILES string of the molecule is CC(C1=Cc2ccccc2Nc2ccccc21)N(C)C. The number of nitrogens with zero attached hydrogens (tertiary/aromatic N) is 1. The minimum absolute atomic E-state index is 0.365. The molecule has 1 unspecified atom stereocenters. The Morgan fingerprint density at radius 1 is 0.900 bits per heavy atom. The van der Waals surface area contributed by atoms with Crippen molar-refractivity contribution in [3.8, 4) is 0 Å². The molecule has 0 saturated carbocycles. The molecule has 1 heterocycles. The highest BCUT2D eigenvalue weighted by atomic mass is 15.1. The van der Waals surface area contributed by atoms with E-state index in [2.05, 4.69) is 85.8 Å². The molecule has 0 aliphatic carbocycles. The summed E-state index contributed by atoms with van der Waals surface area (Å²) in [4.78, 5) is 2.25. The summed E-state index contributed by atoms with van der Waals surface area (Å²) in [6.07, 6.45) is 2.30. The Morgan fingerprint density at radius 2 is 1.55 bits per heavy atom. The van der Waals surface area contributed by atoms with Gasteiger partial charge in [0.25, 0.3) is 0 Å². The van der Waals surface area contributed by atoms with Gasteiger partial charge in [-0.2, -0.15) is 0 Å². The van der Waals surface area contributed by atoms with Gasteiger partial charge in [-0.1, -0.05) is 36.4 Å². The van der Waals surface area contributed by atoms with Crippen molar-refractivity contribution in [2.24, 2.45) is 0 Å². The summed E-state index contributed by atoms with van der Waals surface area (Å²) in [5.74, 6) is 0. The van der Waals surface area contributed by atoms with Crippen LogP contribution < -0.4 is 5.32 Å². The molecular weight excluding hydrogens is 244 g/mol. The molecule has 0 amide bonds. The normalized spacial score (nSPS) is 14.7. The Balaban J connectivity index is 2.21. The van der Waals surface area contributed by atoms with Crippen LogP contribution >= 0.6 is 0 Å². The van der Waals surface area contributed by atoms with Gasteiger partial charge in [-0.05, 0) is 50.4 Å². The minimum atomic E-state index is 0.365. The summed E-state index contributed by atoms with van der Waals surface area (Å²) < 4.78 is 0. The van der Waals surface area contributed by atoms with Crippen molar-refractivity contribution >= 4 is 23.0 Å². The van der Waals surface area contributed by atoms with Gasteiger partial charge in [0.05, 0.1) is 0 Å². The molecule has 1 atom stereocenters. The van der Waals surface area contributed by atoms with Crippen molar-refractivity contribution in [2.75, 3.05) is 19.4 Å². The fraction of sp³-hybridized carbons (Fsp3) is 0.222. The van der Waals surface area contributed by atoms with Gasteiger partial charge in [0.1, 0.15) is 0 Å². The first-order valence-corrected chi connectivity index (χ1v) is 7.00. The van der Waals surface area contributed by atoms with E-state index in [0.717, 1.165) is 0 Å². The quantitative estimate of drug-likeness (QED) is 0.873. The van der Waals surface area contributed by atoms with E-state index in [0.29, 0.717) is 6.04 Å². The molecule has 1 aliphatic heterocycles. The fourth-order valence-corrected chi connectivity index (χ4v) is 2.59. The molecule has 2 heteroatoms. The predicted octanol–water partition coefficient (Wildman–Crippen LogP) is 4.23. The molecule has 0 radical (unpaired) electrons. The molecule has 102 valence electrons. The third kappa shape index (κ3) is 2.23. The van der Waals surface area contributed by atoms with Gasteiger partial charge in [-0.25, -0.2) is 0 Å². The highest BCUT2D eigenvalue weighted by Gasteiger charge is 2.19. The van der Waals surface area contributed by atoms with Crippen LogP contribution in [-0.4, -0.2) is 25.0 Å². The van der Waals surface area contributed by atoms with Crippen LogP contribution in [0.4, 0.5) is 11.4 Å². The summed E-state index contributed by atoms with van der Waals surface area (Å²) in [6, 6.07) is 17.3. The Morgan fingerprint density at radius 3 is 2.30 bits per heavy atom. The first-order valence-electron chi connectivity index (χ1n) is 7.00. The molecule has 3 rings (SSSR count). The molecule has 0 bridgehead atoms. The molecule has 2 aromatic carbocycles. The minimum Gasteiger partial charge on any atom is -0.355 e. The highest BCUT2D eigenvalue weighted by molar-refractivity contribution is 5.95. The van der Waals surface area contributed by atoms with Crippen LogP contribution in [0.3, 0.4) is 0 Å². The third-order valence-corrected chi connectivity index (χ3v) is 4.00. The zero-order valence-electron chi connectivity index (χ0n) is 12.2. The number of para-hydroxylation sites is 2. The fourth-order valence-electron chi connectivity index (χ4n) is 2.59. The molecule has 0 saturated heterocycles. The van der Waals surface area contributed by atoms with Crippen LogP contribution in [0.1, 0.15) is 18.1 Å². The van der Waals surface area contributed by atoms with Crippen LogP contribution in [0, 0.1) is 0 Å². The van der Waals surface area contributed by atoms with E-state index < -0.39 is 0 Å². The zero-order chi connectivity index (χ0) is 14.1. The van der Waals surface area contributed by atoms with Gasteiger partial charge in [0.2, 0.25) is 0 Å². The summed E-state index contributed by atoms with van der Waals surface area (Å²) in [7, 11) is 4.25. The second-order valence-corrected chi connectivity index (χ2v) is 5.50. The van der Waals surface area contributed by atoms with E-state index >= 15 is 0 Å². The number of benzene rings is 2. The summed E-state index contributed by atoms with van der Waals surface area (Å²) >= 11 is 0. The standard InChI is InChI=1S/C18H20N2/c1-13(20(2)3)16-12-14-8-4-6-10-17(14)19-18-11-7-5-9-15(16)18/h4-13,19H,1-3H3.